The number of carbonyl (C=O) groups is 1. The number of aliphatic hydroxyl groups excluding tert-OH is 1. The second kappa shape index (κ2) is 30.3. The maximum Gasteiger partial charge on any atom is 0.306 e. The Labute approximate surface area is 283 Å². The monoisotopic (exact) mass is 663 g/mol. The Balaban J connectivity index is 4.18. The van der Waals surface area contributed by atoms with Gasteiger partial charge >= 0.3 is 5.97 Å². The summed E-state index contributed by atoms with van der Waals surface area (Å²) in [6, 6.07) is 0. The molecule has 0 rings (SSSR count). The Bertz CT molecular complexity index is 677. The van der Waals surface area contributed by atoms with Crippen molar-refractivity contribution < 1.29 is 43.1 Å². The van der Waals surface area contributed by atoms with E-state index in [0.717, 1.165) is 32.1 Å². The summed E-state index contributed by atoms with van der Waals surface area (Å²) in [7, 11) is 0. The summed E-state index contributed by atoms with van der Waals surface area (Å²) >= 11 is 0. The minimum Gasteiger partial charge on any atom is -0.460 e. The Morgan fingerprint density at radius 2 is 0.870 bits per heavy atom. The molecule has 46 heavy (non-hydrogen) atoms. The lowest BCUT2D eigenvalue weighted by molar-refractivity contribution is -0.160. The molecule has 9 nitrogen and oxygen atoms in total. The van der Waals surface area contributed by atoms with Gasteiger partial charge < -0.3 is 38.3 Å². The molecule has 1 N–H and O–H groups in total. The zero-order valence-electron chi connectivity index (χ0n) is 31.3. The molecular formula is C37H74O9. The standard InChI is InChI=1S/C37H74O9/c1-10-12-14-15-16-17-18-19-20-22-37(39)46-36(21-13-11-2)35(9)45-28-34(8)44-27-33(7)43-26-32(6)42-25-31(5)41-24-30(4)40-23-29(3)38/h29-36,38H,10-28H2,1-9H3. The highest BCUT2D eigenvalue weighted by molar-refractivity contribution is 5.69. The number of hydrogen-bond donors (Lipinski definition) is 1. The second-order valence-electron chi connectivity index (χ2n) is 13.4. The fraction of sp³-hybridized carbons (Fsp3) is 0.973. The van der Waals surface area contributed by atoms with E-state index in [1.165, 1.54) is 44.9 Å². The lowest BCUT2D eigenvalue weighted by Crippen LogP contribution is -2.34. The summed E-state index contributed by atoms with van der Waals surface area (Å²) in [4.78, 5) is 12.6. The molecule has 0 aliphatic rings. The normalized spacial score (nSPS) is 17.2. The molecule has 0 aliphatic heterocycles. The number of rotatable bonds is 33. The molecule has 0 spiro atoms. The van der Waals surface area contributed by atoms with Gasteiger partial charge in [-0.25, -0.2) is 0 Å². The van der Waals surface area contributed by atoms with Crippen LogP contribution in [0.2, 0.25) is 0 Å². The first-order chi connectivity index (χ1) is 22.0. The van der Waals surface area contributed by atoms with Crippen molar-refractivity contribution in [2.45, 2.75) is 195 Å². The first kappa shape index (κ1) is 45.2. The van der Waals surface area contributed by atoms with Crippen LogP contribution in [0, 0.1) is 0 Å². The van der Waals surface area contributed by atoms with Crippen LogP contribution in [0.4, 0.5) is 0 Å². The first-order valence-corrected chi connectivity index (χ1v) is 18.5. The number of aliphatic hydroxyl groups is 1. The van der Waals surface area contributed by atoms with Crippen molar-refractivity contribution in [3.63, 3.8) is 0 Å². The van der Waals surface area contributed by atoms with Crippen LogP contribution >= 0.6 is 0 Å². The van der Waals surface area contributed by atoms with Crippen LogP contribution in [-0.2, 0) is 38.0 Å². The molecule has 0 aromatic heterocycles. The summed E-state index contributed by atoms with van der Waals surface area (Å²) in [6.07, 6.45) is 13.0. The lowest BCUT2D eigenvalue weighted by atomic mass is 10.1. The van der Waals surface area contributed by atoms with Gasteiger partial charge in [-0.05, 0) is 67.7 Å². The molecule has 0 saturated carbocycles. The van der Waals surface area contributed by atoms with Gasteiger partial charge in [0, 0.05) is 6.42 Å². The Kier molecular flexibility index (Phi) is 29.7. The van der Waals surface area contributed by atoms with E-state index < -0.39 is 6.10 Å². The van der Waals surface area contributed by atoms with Crippen LogP contribution in [0.1, 0.15) is 146 Å². The van der Waals surface area contributed by atoms with Crippen LogP contribution in [0.5, 0.6) is 0 Å². The van der Waals surface area contributed by atoms with E-state index in [2.05, 4.69) is 13.8 Å². The third-order valence-corrected chi connectivity index (χ3v) is 7.81. The lowest BCUT2D eigenvalue weighted by Gasteiger charge is -2.26. The fourth-order valence-electron chi connectivity index (χ4n) is 4.74. The van der Waals surface area contributed by atoms with Crippen molar-refractivity contribution in [1.82, 2.24) is 0 Å². The Morgan fingerprint density at radius 1 is 0.500 bits per heavy atom. The number of esters is 1. The van der Waals surface area contributed by atoms with E-state index in [1.807, 2.05) is 41.5 Å². The third kappa shape index (κ3) is 28.2. The van der Waals surface area contributed by atoms with Gasteiger partial charge in [0.2, 0.25) is 0 Å². The highest BCUT2D eigenvalue weighted by atomic mass is 16.6. The Morgan fingerprint density at radius 3 is 1.28 bits per heavy atom. The van der Waals surface area contributed by atoms with Gasteiger partial charge in [-0.15, -0.1) is 0 Å². The Hall–Kier alpha value is -0.810. The molecule has 0 bridgehead atoms. The van der Waals surface area contributed by atoms with Crippen LogP contribution in [0.25, 0.3) is 0 Å². The van der Waals surface area contributed by atoms with Crippen molar-refractivity contribution in [2.75, 3.05) is 39.6 Å². The van der Waals surface area contributed by atoms with Crippen molar-refractivity contribution in [1.29, 1.82) is 0 Å². The van der Waals surface area contributed by atoms with Gasteiger partial charge in [-0.1, -0.05) is 71.6 Å². The molecule has 0 saturated heterocycles. The smallest absolute Gasteiger partial charge is 0.306 e. The predicted molar refractivity (Wildman–Crippen MR) is 185 cm³/mol. The van der Waals surface area contributed by atoms with Crippen LogP contribution < -0.4 is 0 Å². The van der Waals surface area contributed by atoms with E-state index in [-0.39, 0.29) is 48.7 Å². The second-order valence-corrected chi connectivity index (χ2v) is 13.4. The highest BCUT2D eigenvalue weighted by Crippen LogP contribution is 2.16. The van der Waals surface area contributed by atoms with Gasteiger partial charge in [0.15, 0.2) is 0 Å². The van der Waals surface area contributed by atoms with Crippen LogP contribution in [0.15, 0.2) is 0 Å². The molecule has 0 aromatic carbocycles. The first-order valence-electron chi connectivity index (χ1n) is 18.5. The average Bonchev–Trinajstić information content (AvgIpc) is 3.03. The summed E-state index contributed by atoms with van der Waals surface area (Å²) in [6.45, 7) is 20.4. The molecule has 0 aromatic rings. The topological polar surface area (TPSA) is 102 Å². The average molecular weight is 663 g/mol. The van der Waals surface area contributed by atoms with Gasteiger partial charge in [0.25, 0.3) is 0 Å². The fourth-order valence-corrected chi connectivity index (χ4v) is 4.74. The molecular weight excluding hydrogens is 588 g/mol. The van der Waals surface area contributed by atoms with E-state index in [9.17, 15) is 9.90 Å². The zero-order chi connectivity index (χ0) is 34.6. The number of unbranched alkanes of at least 4 members (excludes halogenated alkanes) is 9. The van der Waals surface area contributed by atoms with Gasteiger partial charge in [0.1, 0.15) is 6.10 Å². The van der Waals surface area contributed by atoms with E-state index in [4.69, 9.17) is 33.2 Å². The van der Waals surface area contributed by atoms with Crippen LogP contribution in [0.3, 0.4) is 0 Å². The highest BCUT2D eigenvalue weighted by Gasteiger charge is 2.23. The van der Waals surface area contributed by atoms with Gasteiger partial charge in [-0.3, -0.25) is 4.79 Å². The van der Waals surface area contributed by atoms with Gasteiger partial charge in [-0.2, -0.15) is 0 Å². The van der Waals surface area contributed by atoms with Crippen molar-refractivity contribution in [3.8, 4) is 0 Å². The molecule has 0 heterocycles. The quantitative estimate of drug-likeness (QED) is 0.0557. The third-order valence-electron chi connectivity index (χ3n) is 7.81. The SMILES string of the molecule is CCCCCCCCCCCC(=O)OC(CCCC)C(C)OCC(C)OCC(C)OCC(C)OCC(C)OCC(C)OCC(C)O. The summed E-state index contributed by atoms with van der Waals surface area (Å²) < 4.78 is 41.1. The van der Waals surface area contributed by atoms with E-state index in [0.29, 0.717) is 46.1 Å². The molecule has 8 atom stereocenters. The summed E-state index contributed by atoms with van der Waals surface area (Å²) in [5.74, 6) is -0.108. The molecule has 0 amide bonds. The molecule has 8 unspecified atom stereocenters. The molecule has 0 radical (unpaired) electrons. The predicted octanol–water partition coefficient (Wildman–Crippen LogP) is 7.82. The van der Waals surface area contributed by atoms with Crippen molar-refractivity contribution >= 4 is 5.97 Å². The molecule has 0 fully saturated rings. The van der Waals surface area contributed by atoms with Crippen molar-refractivity contribution in [3.05, 3.63) is 0 Å². The van der Waals surface area contributed by atoms with E-state index in [1.54, 1.807) is 6.92 Å². The molecule has 9 heteroatoms. The van der Waals surface area contributed by atoms with E-state index >= 15 is 0 Å². The largest absolute Gasteiger partial charge is 0.460 e. The number of carbonyl (C=O) groups excluding carboxylic acids is 1. The minimum atomic E-state index is -0.484. The maximum absolute atomic E-state index is 12.6. The summed E-state index contributed by atoms with van der Waals surface area (Å²) in [5, 5.41) is 9.31. The summed E-state index contributed by atoms with van der Waals surface area (Å²) in [5.41, 5.74) is 0. The zero-order valence-corrected chi connectivity index (χ0v) is 31.3. The van der Waals surface area contributed by atoms with Crippen LogP contribution in [-0.4, -0.2) is 99.5 Å². The number of ether oxygens (including phenoxy) is 7. The maximum atomic E-state index is 12.6. The number of hydrogen-bond acceptors (Lipinski definition) is 9. The molecule has 0 aliphatic carbocycles. The minimum absolute atomic E-state index is 0.0751. The van der Waals surface area contributed by atoms with Crippen molar-refractivity contribution in [2.24, 2.45) is 0 Å². The molecule has 276 valence electrons. The van der Waals surface area contributed by atoms with Gasteiger partial charge in [0.05, 0.1) is 82.4 Å².